The van der Waals surface area contributed by atoms with Gasteiger partial charge in [0.25, 0.3) is 0 Å². The Labute approximate surface area is 166 Å². The summed E-state index contributed by atoms with van der Waals surface area (Å²) in [7, 11) is 0. The Morgan fingerprint density at radius 2 is 1.54 bits per heavy atom. The van der Waals surface area contributed by atoms with Gasteiger partial charge in [-0.3, -0.25) is 14.5 Å². The minimum Gasteiger partial charge on any atom is -0.481 e. The average Bonchev–Trinajstić information content (AvgIpc) is 2.72. The van der Waals surface area contributed by atoms with Gasteiger partial charge < -0.3 is 10.4 Å². The Hall–Kier alpha value is -2.66. The van der Waals surface area contributed by atoms with Crippen LogP contribution in [0.5, 0.6) is 0 Å². The van der Waals surface area contributed by atoms with Gasteiger partial charge in [0, 0.05) is 13.1 Å². The molecule has 28 heavy (non-hydrogen) atoms. The molecule has 1 fully saturated rings. The largest absolute Gasteiger partial charge is 0.481 e. The third-order valence-electron chi connectivity index (χ3n) is 5.52. The van der Waals surface area contributed by atoms with Crippen molar-refractivity contribution in [1.29, 1.82) is 0 Å². The molecule has 3 unspecified atom stereocenters. The van der Waals surface area contributed by atoms with Crippen molar-refractivity contribution in [3.8, 4) is 0 Å². The minimum absolute atomic E-state index is 0.0871. The number of carbonyl (C=O) groups excluding carboxylic acids is 1. The van der Waals surface area contributed by atoms with E-state index in [0.29, 0.717) is 13.0 Å². The fourth-order valence-corrected chi connectivity index (χ4v) is 3.97. The molecule has 3 rings (SSSR count). The van der Waals surface area contributed by atoms with Crippen molar-refractivity contribution in [3.63, 3.8) is 0 Å². The van der Waals surface area contributed by atoms with Crippen molar-refractivity contribution in [2.75, 3.05) is 13.1 Å². The summed E-state index contributed by atoms with van der Waals surface area (Å²) in [6.45, 7) is 5.05. The lowest BCUT2D eigenvalue weighted by atomic mass is 9.89. The summed E-state index contributed by atoms with van der Waals surface area (Å²) in [5.74, 6) is -1.03. The zero-order valence-corrected chi connectivity index (χ0v) is 16.4. The molecule has 1 aliphatic heterocycles. The molecular formula is C23H28N2O3. The van der Waals surface area contributed by atoms with E-state index in [1.807, 2.05) is 79.4 Å². The third kappa shape index (κ3) is 4.78. The van der Waals surface area contributed by atoms with Crippen LogP contribution in [0, 0.1) is 11.8 Å². The van der Waals surface area contributed by atoms with Gasteiger partial charge in [0.15, 0.2) is 0 Å². The number of rotatable bonds is 6. The van der Waals surface area contributed by atoms with Crippen molar-refractivity contribution in [3.05, 3.63) is 71.8 Å². The van der Waals surface area contributed by atoms with Gasteiger partial charge in [0.05, 0.1) is 18.0 Å². The van der Waals surface area contributed by atoms with Gasteiger partial charge in [0.1, 0.15) is 0 Å². The summed E-state index contributed by atoms with van der Waals surface area (Å²) in [5, 5.41) is 12.6. The number of likely N-dealkylation sites (tertiary alicyclic amines) is 1. The second-order valence-corrected chi connectivity index (χ2v) is 7.77. The lowest BCUT2D eigenvalue weighted by Crippen LogP contribution is -2.52. The number of carboxylic acids is 1. The Kier molecular flexibility index (Phi) is 6.47. The van der Waals surface area contributed by atoms with Crippen LogP contribution in [0.1, 0.15) is 37.4 Å². The lowest BCUT2D eigenvalue weighted by Gasteiger charge is -2.38. The molecule has 1 aliphatic rings. The van der Waals surface area contributed by atoms with E-state index in [1.165, 1.54) is 0 Å². The Balaban J connectivity index is 1.77. The molecule has 0 saturated carbocycles. The number of nitrogens with one attached hydrogen (secondary N) is 1. The molecule has 0 radical (unpaired) electrons. The molecule has 0 aromatic heterocycles. The molecule has 148 valence electrons. The topological polar surface area (TPSA) is 69.6 Å². The zero-order valence-electron chi connectivity index (χ0n) is 16.4. The molecule has 2 N–H and O–H groups in total. The summed E-state index contributed by atoms with van der Waals surface area (Å²) in [4.78, 5) is 26.5. The molecule has 0 bridgehead atoms. The second-order valence-electron chi connectivity index (χ2n) is 7.77. The van der Waals surface area contributed by atoms with Crippen LogP contribution in [0.25, 0.3) is 0 Å². The van der Waals surface area contributed by atoms with Crippen LogP contribution in [-0.4, -0.2) is 41.0 Å². The highest BCUT2D eigenvalue weighted by molar-refractivity contribution is 5.82. The first kappa shape index (κ1) is 20.1. The van der Waals surface area contributed by atoms with Gasteiger partial charge in [-0.2, -0.15) is 0 Å². The highest BCUT2D eigenvalue weighted by Gasteiger charge is 2.34. The summed E-state index contributed by atoms with van der Waals surface area (Å²) >= 11 is 0. The highest BCUT2D eigenvalue weighted by Crippen LogP contribution is 2.25. The van der Waals surface area contributed by atoms with Crippen LogP contribution < -0.4 is 5.32 Å². The predicted molar refractivity (Wildman–Crippen MR) is 109 cm³/mol. The van der Waals surface area contributed by atoms with Gasteiger partial charge in [-0.15, -0.1) is 0 Å². The summed E-state index contributed by atoms with van der Waals surface area (Å²) < 4.78 is 0. The Morgan fingerprint density at radius 1 is 1.00 bits per heavy atom. The molecule has 0 spiro atoms. The maximum atomic E-state index is 13.1. The normalized spacial score (nSPS) is 21.2. The highest BCUT2D eigenvalue weighted by atomic mass is 16.4. The zero-order chi connectivity index (χ0) is 20.1. The van der Waals surface area contributed by atoms with Crippen LogP contribution in [0.3, 0.4) is 0 Å². The fraction of sp³-hybridized carbons (Fsp3) is 0.391. The Bertz CT molecular complexity index is 755. The number of nitrogens with zero attached hydrogens (tertiary/aromatic N) is 1. The quantitative estimate of drug-likeness (QED) is 0.807. The van der Waals surface area contributed by atoms with Crippen molar-refractivity contribution in [2.45, 2.75) is 32.4 Å². The number of hydrogen-bond donors (Lipinski definition) is 2. The molecule has 0 aliphatic carbocycles. The molecule has 5 heteroatoms. The number of aliphatic carboxylic acids is 1. The molecule has 1 saturated heterocycles. The van der Waals surface area contributed by atoms with Crippen LogP contribution >= 0.6 is 0 Å². The standard InChI is InChI=1S/C23H28N2O3/c1-16-13-20(23(27)28)15-25(14-16)17(2)22(26)24-21(18-9-5-3-6-10-18)19-11-7-4-8-12-19/h3-12,16-17,20-21H,13-15H2,1-2H3,(H,24,26)(H,27,28). The van der Waals surface area contributed by atoms with E-state index in [9.17, 15) is 14.7 Å². The van der Waals surface area contributed by atoms with Crippen molar-refractivity contribution in [2.24, 2.45) is 11.8 Å². The third-order valence-corrected chi connectivity index (χ3v) is 5.52. The van der Waals surface area contributed by atoms with E-state index in [2.05, 4.69) is 5.32 Å². The van der Waals surface area contributed by atoms with E-state index in [-0.39, 0.29) is 23.9 Å². The number of carboxylic acid groups (broad SMARTS) is 1. The second kappa shape index (κ2) is 9.02. The molecule has 1 heterocycles. The monoisotopic (exact) mass is 380 g/mol. The van der Waals surface area contributed by atoms with E-state index < -0.39 is 11.9 Å². The maximum Gasteiger partial charge on any atom is 0.307 e. The minimum atomic E-state index is -0.782. The van der Waals surface area contributed by atoms with Crippen LogP contribution in [0.4, 0.5) is 0 Å². The first-order valence-corrected chi connectivity index (χ1v) is 9.82. The average molecular weight is 380 g/mol. The summed E-state index contributed by atoms with van der Waals surface area (Å²) in [5.41, 5.74) is 2.04. The van der Waals surface area contributed by atoms with Crippen molar-refractivity contribution < 1.29 is 14.7 Å². The summed E-state index contributed by atoms with van der Waals surface area (Å²) in [6, 6.07) is 19.2. The first-order valence-electron chi connectivity index (χ1n) is 9.82. The van der Waals surface area contributed by atoms with Gasteiger partial charge >= 0.3 is 5.97 Å². The molecule has 5 nitrogen and oxygen atoms in total. The molecule has 2 aromatic carbocycles. The predicted octanol–water partition coefficient (Wildman–Crippen LogP) is 3.32. The first-order chi connectivity index (χ1) is 13.5. The SMILES string of the molecule is CC1CC(C(=O)O)CN(C(C)C(=O)NC(c2ccccc2)c2ccccc2)C1. The van der Waals surface area contributed by atoms with Crippen LogP contribution in [0.15, 0.2) is 60.7 Å². The number of hydrogen-bond acceptors (Lipinski definition) is 3. The van der Waals surface area contributed by atoms with E-state index in [4.69, 9.17) is 0 Å². The number of piperidine rings is 1. The molecule has 3 atom stereocenters. The maximum absolute atomic E-state index is 13.1. The fourth-order valence-electron chi connectivity index (χ4n) is 3.97. The van der Waals surface area contributed by atoms with Gasteiger partial charge in [-0.05, 0) is 30.4 Å². The van der Waals surface area contributed by atoms with Gasteiger partial charge in [0.2, 0.25) is 5.91 Å². The smallest absolute Gasteiger partial charge is 0.307 e. The number of amides is 1. The van der Waals surface area contributed by atoms with Crippen molar-refractivity contribution in [1.82, 2.24) is 10.2 Å². The number of benzene rings is 2. The molecular weight excluding hydrogens is 352 g/mol. The van der Waals surface area contributed by atoms with E-state index >= 15 is 0 Å². The van der Waals surface area contributed by atoms with Gasteiger partial charge in [-0.1, -0.05) is 67.6 Å². The lowest BCUT2D eigenvalue weighted by molar-refractivity contribution is -0.146. The van der Waals surface area contributed by atoms with Crippen molar-refractivity contribution >= 4 is 11.9 Å². The summed E-state index contributed by atoms with van der Waals surface area (Å²) in [6.07, 6.45) is 0.664. The van der Waals surface area contributed by atoms with Gasteiger partial charge in [-0.25, -0.2) is 0 Å². The van der Waals surface area contributed by atoms with E-state index in [1.54, 1.807) is 0 Å². The molecule has 2 aromatic rings. The molecule has 1 amide bonds. The van der Waals surface area contributed by atoms with Crippen LogP contribution in [-0.2, 0) is 9.59 Å². The number of carbonyl (C=O) groups is 2. The Morgan fingerprint density at radius 3 is 2.04 bits per heavy atom. The van der Waals surface area contributed by atoms with E-state index in [0.717, 1.165) is 17.7 Å². The van der Waals surface area contributed by atoms with Crippen LogP contribution in [0.2, 0.25) is 0 Å².